The number of Topliss-reactive ketones (excluding diaryl/α,β-unsaturated/α-hetero) is 1. The van der Waals surface area contributed by atoms with Crippen LogP contribution in [0.15, 0.2) is 35.3 Å². The van der Waals surface area contributed by atoms with Gasteiger partial charge in [0.1, 0.15) is 23.1 Å². The van der Waals surface area contributed by atoms with Crippen molar-refractivity contribution in [2.24, 2.45) is 5.92 Å². The number of nitrogens with zero attached hydrogens (tertiary/aromatic N) is 5. The zero-order valence-corrected chi connectivity index (χ0v) is 21.5. The standard InChI is InChI=1S/C28H32N6O3/c1-28(37)10-4-5-24(28)34-25-21(12-20(14-29)26(34)36)15-30-27(32-25)31-22-9-8-17-11-19(7-6-18(17)13-22)23(35)16-33(2)3/h8-9,12-13,15,19,24,37H,4-7,10-11,16H2,1-3H3,(H,30,31,32). The van der Waals surface area contributed by atoms with E-state index in [1.54, 1.807) is 13.1 Å². The van der Waals surface area contributed by atoms with Crippen LogP contribution < -0.4 is 10.9 Å². The van der Waals surface area contributed by atoms with Crippen LogP contribution >= 0.6 is 0 Å². The second-order valence-corrected chi connectivity index (χ2v) is 10.8. The Morgan fingerprint density at radius 3 is 2.81 bits per heavy atom. The molecule has 9 nitrogen and oxygen atoms in total. The largest absolute Gasteiger partial charge is 0.388 e. The number of ketones is 1. The average Bonchev–Trinajstić information content (AvgIpc) is 3.21. The molecule has 3 aromatic rings. The maximum absolute atomic E-state index is 13.2. The summed E-state index contributed by atoms with van der Waals surface area (Å²) in [5.41, 5.74) is 2.12. The van der Waals surface area contributed by atoms with E-state index in [2.05, 4.69) is 27.4 Å². The first-order chi connectivity index (χ1) is 17.7. The van der Waals surface area contributed by atoms with Gasteiger partial charge < -0.3 is 15.3 Å². The molecule has 1 saturated carbocycles. The predicted molar refractivity (Wildman–Crippen MR) is 141 cm³/mol. The molecule has 1 fully saturated rings. The monoisotopic (exact) mass is 500 g/mol. The maximum atomic E-state index is 13.2. The lowest BCUT2D eigenvalue weighted by Crippen LogP contribution is -2.38. The number of aliphatic hydroxyl groups is 1. The van der Waals surface area contributed by atoms with E-state index >= 15 is 0 Å². The van der Waals surface area contributed by atoms with E-state index in [9.17, 15) is 20.0 Å². The van der Waals surface area contributed by atoms with E-state index in [0.717, 1.165) is 31.4 Å². The Labute approximate surface area is 215 Å². The van der Waals surface area contributed by atoms with Crippen molar-refractivity contribution in [1.29, 1.82) is 5.26 Å². The first-order valence-electron chi connectivity index (χ1n) is 12.8. The number of rotatable bonds is 6. The van der Waals surface area contributed by atoms with Crippen LogP contribution in [0, 0.1) is 17.2 Å². The van der Waals surface area contributed by atoms with Crippen LogP contribution in [0.3, 0.4) is 0 Å². The summed E-state index contributed by atoms with van der Waals surface area (Å²) < 4.78 is 1.48. The number of pyridine rings is 1. The van der Waals surface area contributed by atoms with E-state index in [0.29, 0.717) is 36.4 Å². The average molecular weight is 501 g/mol. The van der Waals surface area contributed by atoms with Crippen molar-refractivity contribution in [3.63, 3.8) is 0 Å². The number of aromatic nitrogens is 3. The third kappa shape index (κ3) is 4.87. The summed E-state index contributed by atoms with van der Waals surface area (Å²) in [4.78, 5) is 36.7. The van der Waals surface area contributed by atoms with Gasteiger partial charge in [-0.3, -0.25) is 14.2 Å². The van der Waals surface area contributed by atoms with Crippen molar-refractivity contribution in [1.82, 2.24) is 19.4 Å². The lowest BCUT2D eigenvalue weighted by Gasteiger charge is -2.28. The third-order valence-electron chi connectivity index (χ3n) is 7.70. The molecule has 0 bridgehead atoms. The molecule has 0 aliphatic heterocycles. The van der Waals surface area contributed by atoms with Crippen molar-refractivity contribution >= 4 is 28.5 Å². The van der Waals surface area contributed by atoms with Gasteiger partial charge in [-0.05, 0) is 88.9 Å². The summed E-state index contributed by atoms with van der Waals surface area (Å²) in [7, 11) is 3.83. The molecule has 192 valence electrons. The fourth-order valence-electron chi connectivity index (χ4n) is 5.77. The molecule has 5 rings (SSSR count). The van der Waals surface area contributed by atoms with Crippen molar-refractivity contribution < 1.29 is 9.90 Å². The van der Waals surface area contributed by atoms with Gasteiger partial charge in [-0.15, -0.1) is 0 Å². The Kier molecular flexibility index (Phi) is 6.56. The number of aryl methyl sites for hydroxylation is 1. The van der Waals surface area contributed by atoms with Gasteiger partial charge in [0, 0.05) is 23.2 Å². The van der Waals surface area contributed by atoms with Gasteiger partial charge >= 0.3 is 0 Å². The Balaban J connectivity index is 1.45. The highest BCUT2D eigenvalue weighted by atomic mass is 16.3. The summed E-state index contributed by atoms with van der Waals surface area (Å²) in [6.45, 7) is 2.20. The van der Waals surface area contributed by atoms with E-state index < -0.39 is 17.2 Å². The number of carbonyl (C=O) groups is 1. The molecule has 9 heteroatoms. The molecule has 0 spiro atoms. The van der Waals surface area contributed by atoms with E-state index in [1.807, 2.05) is 31.1 Å². The van der Waals surface area contributed by atoms with Crippen molar-refractivity contribution in [2.75, 3.05) is 26.0 Å². The molecule has 0 amide bonds. The lowest BCUT2D eigenvalue weighted by molar-refractivity contribution is -0.123. The van der Waals surface area contributed by atoms with E-state index in [1.165, 1.54) is 21.8 Å². The van der Waals surface area contributed by atoms with Crippen molar-refractivity contribution in [3.05, 3.63) is 57.5 Å². The first-order valence-corrected chi connectivity index (χ1v) is 12.8. The predicted octanol–water partition coefficient (Wildman–Crippen LogP) is 3.12. The highest BCUT2D eigenvalue weighted by Gasteiger charge is 2.40. The molecule has 2 N–H and O–H groups in total. The molecule has 1 aromatic carbocycles. The number of nitrogens with one attached hydrogen (secondary N) is 1. The molecule has 2 aliphatic rings. The van der Waals surface area contributed by atoms with Gasteiger partial charge in [-0.25, -0.2) is 4.98 Å². The minimum atomic E-state index is -1.06. The number of nitriles is 1. The normalized spacial score (nSPS) is 23.1. The number of hydrogen-bond donors (Lipinski definition) is 2. The van der Waals surface area contributed by atoms with Gasteiger partial charge in [-0.2, -0.15) is 10.2 Å². The van der Waals surface area contributed by atoms with Crippen LogP contribution in [0.25, 0.3) is 11.0 Å². The summed E-state index contributed by atoms with van der Waals surface area (Å²) >= 11 is 0. The molecule has 3 unspecified atom stereocenters. The number of benzene rings is 1. The summed E-state index contributed by atoms with van der Waals surface area (Å²) in [5.74, 6) is 0.674. The van der Waals surface area contributed by atoms with Gasteiger partial charge in [0.25, 0.3) is 5.56 Å². The summed E-state index contributed by atoms with van der Waals surface area (Å²) in [6.07, 6.45) is 6.02. The third-order valence-corrected chi connectivity index (χ3v) is 7.70. The minimum absolute atomic E-state index is 0.0107. The maximum Gasteiger partial charge on any atom is 0.270 e. The molecule has 37 heavy (non-hydrogen) atoms. The summed E-state index contributed by atoms with van der Waals surface area (Å²) in [6, 6.07) is 9.10. The molecule has 2 heterocycles. The first kappa shape index (κ1) is 25.1. The zero-order valence-electron chi connectivity index (χ0n) is 21.5. The molecular weight excluding hydrogens is 468 g/mol. The number of fused-ring (bicyclic) bond motifs is 2. The molecule has 2 aromatic heterocycles. The fourth-order valence-corrected chi connectivity index (χ4v) is 5.77. The minimum Gasteiger partial charge on any atom is -0.388 e. The Morgan fingerprint density at radius 2 is 2.11 bits per heavy atom. The topological polar surface area (TPSA) is 124 Å². The quantitative estimate of drug-likeness (QED) is 0.529. The number of carbonyl (C=O) groups excluding carboxylic acids is 1. The highest BCUT2D eigenvalue weighted by Crippen LogP contribution is 2.39. The highest BCUT2D eigenvalue weighted by molar-refractivity contribution is 5.83. The smallest absolute Gasteiger partial charge is 0.270 e. The van der Waals surface area contributed by atoms with Crippen LogP contribution in [0.4, 0.5) is 11.6 Å². The van der Waals surface area contributed by atoms with Crippen LogP contribution in [-0.4, -0.2) is 56.6 Å². The Morgan fingerprint density at radius 1 is 1.30 bits per heavy atom. The fraction of sp³-hybridized carbons (Fsp3) is 0.464. The molecular formula is C28H32N6O3. The summed E-state index contributed by atoms with van der Waals surface area (Å²) in [5, 5.41) is 24.3. The Bertz CT molecular complexity index is 1470. The van der Waals surface area contributed by atoms with E-state index in [-0.39, 0.29) is 17.3 Å². The number of hydrogen-bond acceptors (Lipinski definition) is 8. The molecule has 3 atom stereocenters. The van der Waals surface area contributed by atoms with Gasteiger partial charge in [0.05, 0.1) is 18.2 Å². The number of anilines is 2. The van der Waals surface area contributed by atoms with Crippen LogP contribution in [0.5, 0.6) is 0 Å². The van der Waals surface area contributed by atoms with E-state index in [4.69, 9.17) is 0 Å². The van der Waals surface area contributed by atoms with Crippen LogP contribution in [0.2, 0.25) is 0 Å². The second kappa shape index (κ2) is 9.69. The zero-order chi connectivity index (χ0) is 26.3. The molecule has 2 aliphatic carbocycles. The van der Waals surface area contributed by atoms with Gasteiger partial charge in [-0.1, -0.05) is 6.07 Å². The van der Waals surface area contributed by atoms with Crippen molar-refractivity contribution in [3.8, 4) is 6.07 Å². The lowest BCUT2D eigenvalue weighted by atomic mass is 9.81. The Hall–Kier alpha value is -3.61. The van der Waals surface area contributed by atoms with Crippen LogP contribution in [-0.2, 0) is 17.6 Å². The van der Waals surface area contributed by atoms with Gasteiger partial charge in [0.15, 0.2) is 0 Å². The van der Waals surface area contributed by atoms with Crippen LogP contribution in [0.1, 0.15) is 55.3 Å². The molecule has 0 radical (unpaired) electrons. The SMILES string of the molecule is CN(C)CC(=O)C1CCc2cc(Nc3ncc4cc(C#N)c(=O)n(C5CCCC5(C)O)c4n3)ccc2C1. The van der Waals surface area contributed by atoms with Crippen molar-refractivity contribution in [2.45, 2.75) is 57.1 Å². The second-order valence-electron chi connectivity index (χ2n) is 10.8. The van der Waals surface area contributed by atoms with Gasteiger partial charge in [0.2, 0.25) is 5.95 Å². The number of likely N-dealkylation sites (N-methyl/N-ethyl adjacent to an activating group) is 1. The molecule has 0 saturated heterocycles.